The molecule has 2 amide bonds. The van der Waals surface area contributed by atoms with Crippen molar-refractivity contribution in [2.45, 2.75) is 12.8 Å². The third-order valence-corrected chi connectivity index (χ3v) is 4.31. The minimum Gasteiger partial charge on any atom is -0.310 e. The van der Waals surface area contributed by atoms with E-state index in [1.54, 1.807) is 18.2 Å². The highest BCUT2D eigenvalue weighted by Gasteiger charge is 2.11. The average molecular weight is 435 g/mol. The van der Waals surface area contributed by atoms with E-state index in [4.69, 9.17) is 0 Å². The molecule has 0 atom stereocenters. The van der Waals surface area contributed by atoms with E-state index in [-0.39, 0.29) is 47.7 Å². The zero-order valence-electron chi connectivity index (χ0n) is 16.6. The number of carbonyl (C=O) groups excluding carboxylic acids is 2. The molecule has 0 bridgehead atoms. The summed E-state index contributed by atoms with van der Waals surface area (Å²) in [6.07, 6.45) is -0.00713. The number of nitrogens with one attached hydrogen (secondary N) is 2. The third kappa shape index (κ3) is 6.16. The maximum Gasteiger partial charge on any atom is 0.269 e. The fourth-order valence-corrected chi connectivity index (χ4v) is 2.79. The van der Waals surface area contributed by atoms with Crippen molar-refractivity contribution in [1.29, 1.82) is 0 Å². The van der Waals surface area contributed by atoms with Crippen LogP contribution < -0.4 is 10.6 Å². The normalized spacial score (nSPS) is 10.2. The van der Waals surface area contributed by atoms with Gasteiger partial charge in [-0.15, -0.1) is 0 Å². The van der Waals surface area contributed by atoms with Gasteiger partial charge in [-0.05, 0) is 23.3 Å². The molecule has 11 nitrogen and oxygen atoms in total. The van der Waals surface area contributed by atoms with Gasteiger partial charge in [0.15, 0.2) is 0 Å². The molecule has 2 N–H and O–H groups in total. The Morgan fingerprint density at radius 2 is 1.06 bits per heavy atom. The van der Waals surface area contributed by atoms with E-state index in [2.05, 4.69) is 15.6 Å². The molecule has 0 radical (unpaired) electrons. The van der Waals surface area contributed by atoms with E-state index in [1.807, 2.05) is 0 Å². The van der Waals surface area contributed by atoms with Crippen molar-refractivity contribution in [2.24, 2.45) is 0 Å². The summed E-state index contributed by atoms with van der Waals surface area (Å²) in [6, 6.07) is 16.0. The Morgan fingerprint density at radius 1 is 0.688 bits per heavy atom. The van der Waals surface area contributed by atoms with Crippen molar-refractivity contribution in [2.75, 3.05) is 10.6 Å². The quantitative estimate of drug-likeness (QED) is 0.406. The van der Waals surface area contributed by atoms with Crippen molar-refractivity contribution in [1.82, 2.24) is 4.98 Å². The Hall–Kier alpha value is -4.67. The molecule has 1 heterocycles. The van der Waals surface area contributed by atoms with Gasteiger partial charge < -0.3 is 10.6 Å². The number of hydrogen-bond donors (Lipinski definition) is 2. The van der Waals surface area contributed by atoms with E-state index in [9.17, 15) is 29.8 Å². The standard InChI is InChI=1S/C21H17N5O6/c27-20(12-14-4-8-16(9-5-14)25(29)30)23-18-2-1-3-19(22-18)24-21(28)13-15-6-10-17(11-7-15)26(31)32/h1-11H,12-13H2,(H2,22,23,24,27,28). The summed E-state index contributed by atoms with van der Waals surface area (Å²) in [5, 5.41) is 26.6. The minimum absolute atomic E-state index is 0.00357. The average Bonchev–Trinajstić information content (AvgIpc) is 2.74. The van der Waals surface area contributed by atoms with Crippen molar-refractivity contribution in [3.05, 3.63) is 98.1 Å². The fraction of sp³-hybridized carbons (Fsp3) is 0.0952. The van der Waals surface area contributed by atoms with Gasteiger partial charge in [0, 0.05) is 24.3 Å². The summed E-state index contributed by atoms with van der Waals surface area (Å²) < 4.78 is 0. The number of non-ortho nitro benzene ring substituents is 2. The molecular formula is C21H17N5O6. The minimum atomic E-state index is -0.519. The summed E-state index contributed by atoms with van der Waals surface area (Å²) in [5.41, 5.74) is 1.07. The lowest BCUT2D eigenvalue weighted by atomic mass is 10.1. The number of hydrogen-bond acceptors (Lipinski definition) is 7. The first-order valence-electron chi connectivity index (χ1n) is 9.33. The Bertz CT molecular complexity index is 1070. The van der Waals surface area contributed by atoms with E-state index in [1.165, 1.54) is 48.5 Å². The van der Waals surface area contributed by atoms with Crippen LogP contribution in [0.2, 0.25) is 0 Å². The van der Waals surface area contributed by atoms with Crippen LogP contribution in [0.25, 0.3) is 0 Å². The van der Waals surface area contributed by atoms with Crippen molar-refractivity contribution >= 4 is 34.8 Å². The Kier molecular flexibility index (Phi) is 6.81. The summed E-state index contributed by atoms with van der Waals surface area (Å²) >= 11 is 0. The molecule has 2 aromatic carbocycles. The zero-order chi connectivity index (χ0) is 23.1. The van der Waals surface area contributed by atoms with Gasteiger partial charge in [-0.1, -0.05) is 30.3 Å². The Balaban J connectivity index is 1.56. The van der Waals surface area contributed by atoms with Gasteiger partial charge in [-0.3, -0.25) is 29.8 Å². The summed E-state index contributed by atoms with van der Waals surface area (Å²) in [7, 11) is 0. The van der Waals surface area contributed by atoms with Crippen LogP contribution in [0.4, 0.5) is 23.0 Å². The summed E-state index contributed by atoms with van der Waals surface area (Å²) in [5.74, 6) is -0.295. The molecule has 0 spiro atoms. The molecular weight excluding hydrogens is 418 g/mol. The first-order valence-corrected chi connectivity index (χ1v) is 9.33. The van der Waals surface area contributed by atoms with Gasteiger partial charge in [0.2, 0.25) is 11.8 Å². The van der Waals surface area contributed by atoms with E-state index < -0.39 is 9.85 Å². The van der Waals surface area contributed by atoms with E-state index >= 15 is 0 Å². The van der Waals surface area contributed by atoms with Gasteiger partial charge in [-0.25, -0.2) is 4.98 Å². The van der Waals surface area contributed by atoms with E-state index in [0.29, 0.717) is 11.1 Å². The summed E-state index contributed by atoms with van der Waals surface area (Å²) in [6.45, 7) is 0. The van der Waals surface area contributed by atoms with Crippen LogP contribution in [0.1, 0.15) is 11.1 Å². The molecule has 11 heteroatoms. The van der Waals surface area contributed by atoms with Gasteiger partial charge in [-0.2, -0.15) is 0 Å². The van der Waals surface area contributed by atoms with Crippen LogP contribution in [0, 0.1) is 20.2 Å². The number of nitrogens with zero attached hydrogens (tertiary/aromatic N) is 3. The summed E-state index contributed by atoms with van der Waals surface area (Å²) in [4.78, 5) is 49.0. The molecule has 162 valence electrons. The predicted octanol–water partition coefficient (Wildman–Crippen LogP) is 3.26. The number of benzene rings is 2. The van der Waals surface area contributed by atoms with Gasteiger partial charge >= 0.3 is 0 Å². The van der Waals surface area contributed by atoms with Gasteiger partial charge in [0.1, 0.15) is 11.6 Å². The number of pyridine rings is 1. The van der Waals surface area contributed by atoms with Gasteiger partial charge in [0.25, 0.3) is 11.4 Å². The predicted molar refractivity (Wildman–Crippen MR) is 115 cm³/mol. The molecule has 0 aliphatic rings. The molecule has 1 aromatic heterocycles. The fourth-order valence-electron chi connectivity index (χ4n) is 2.79. The highest BCUT2D eigenvalue weighted by Crippen LogP contribution is 2.15. The maximum atomic E-state index is 12.2. The van der Waals surface area contributed by atoms with Crippen LogP contribution in [0.5, 0.6) is 0 Å². The maximum absolute atomic E-state index is 12.2. The van der Waals surface area contributed by atoms with Crippen LogP contribution >= 0.6 is 0 Å². The molecule has 0 fully saturated rings. The lowest BCUT2D eigenvalue weighted by Crippen LogP contribution is -2.18. The molecule has 0 saturated carbocycles. The van der Waals surface area contributed by atoms with Crippen molar-refractivity contribution in [3.8, 4) is 0 Å². The van der Waals surface area contributed by atoms with Crippen molar-refractivity contribution < 1.29 is 19.4 Å². The Morgan fingerprint density at radius 3 is 1.41 bits per heavy atom. The number of aromatic nitrogens is 1. The highest BCUT2D eigenvalue weighted by molar-refractivity contribution is 5.93. The molecule has 0 saturated heterocycles. The number of rotatable bonds is 8. The molecule has 3 aromatic rings. The largest absolute Gasteiger partial charge is 0.310 e. The third-order valence-electron chi connectivity index (χ3n) is 4.31. The zero-order valence-corrected chi connectivity index (χ0v) is 16.6. The lowest BCUT2D eigenvalue weighted by molar-refractivity contribution is -0.385. The number of anilines is 2. The molecule has 0 aliphatic carbocycles. The van der Waals surface area contributed by atoms with Crippen molar-refractivity contribution in [3.63, 3.8) is 0 Å². The second kappa shape index (κ2) is 9.89. The number of nitro groups is 2. The van der Waals surface area contributed by atoms with Crippen LogP contribution in [-0.2, 0) is 22.4 Å². The lowest BCUT2D eigenvalue weighted by Gasteiger charge is -2.08. The van der Waals surface area contributed by atoms with E-state index in [0.717, 1.165) is 0 Å². The first kappa shape index (κ1) is 22.0. The number of amides is 2. The SMILES string of the molecule is O=C(Cc1ccc([N+](=O)[O-])cc1)Nc1cccc(NC(=O)Cc2ccc([N+](=O)[O-])cc2)n1. The first-order chi connectivity index (χ1) is 15.3. The second-order valence-corrected chi connectivity index (χ2v) is 6.71. The smallest absolute Gasteiger partial charge is 0.269 e. The molecule has 32 heavy (non-hydrogen) atoms. The van der Waals surface area contributed by atoms with Crippen LogP contribution in [0.3, 0.4) is 0 Å². The monoisotopic (exact) mass is 435 g/mol. The second-order valence-electron chi connectivity index (χ2n) is 6.71. The molecule has 0 aliphatic heterocycles. The molecule has 3 rings (SSSR count). The Labute approximate surface area is 181 Å². The van der Waals surface area contributed by atoms with Crippen LogP contribution in [0.15, 0.2) is 66.7 Å². The highest BCUT2D eigenvalue weighted by atomic mass is 16.6. The van der Waals surface area contributed by atoms with Gasteiger partial charge in [0.05, 0.1) is 22.7 Å². The number of carbonyl (C=O) groups is 2. The molecule has 0 unspecified atom stereocenters. The number of nitro benzene ring substituents is 2. The topological polar surface area (TPSA) is 157 Å². The van der Waals surface area contributed by atoms with Crippen LogP contribution in [-0.4, -0.2) is 26.6 Å².